The highest BCUT2D eigenvalue weighted by atomic mass is 19.4. The summed E-state index contributed by atoms with van der Waals surface area (Å²) in [5.74, 6) is -0.322. The zero-order chi connectivity index (χ0) is 28.1. The summed E-state index contributed by atoms with van der Waals surface area (Å²) in [6.45, 7) is 0.947. The summed E-state index contributed by atoms with van der Waals surface area (Å²) in [4.78, 5) is 28.5. The largest absolute Gasteiger partial charge is 0.416 e. The molecule has 6 nitrogen and oxygen atoms in total. The molecule has 0 bridgehead atoms. The molecular weight excluding hydrogens is 514 g/mol. The number of piperidine rings is 1. The van der Waals surface area contributed by atoms with Gasteiger partial charge in [-0.3, -0.25) is 9.69 Å². The van der Waals surface area contributed by atoms with Crippen molar-refractivity contribution >= 4 is 11.9 Å². The van der Waals surface area contributed by atoms with Gasteiger partial charge in [-0.2, -0.15) is 26.3 Å². The van der Waals surface area contributed by atoms with Gasteiger partial charge < -0.3 is 15.5 Å². The van der Waals surface area contributed by atoms with Crippen LogP contribution in [0.15, 0.2) is 48.5 Å². The Bertz CT molecular complexity index is 1070. The number of benzene rings is 2. The molecule has 2 aromatic rings. The molecule has 1 aliphatic rings. The minimum Gasteiger partial charge on any atom is -0.344 e. The van der Waals surface area contributed by atoms with Gasteiger partial charge in [-0.05, 0) is 48.6 Å². The van der Waals surface area contributed by atoms with Crippen molar-refractivity contribution in [3.63, 3.8) is 0 Å². The second kappa shape index (κ2) is 12.1. The van der Waals surface area contributed by atoms with Crippen molar-refractivity contribution in [1.82, 2.24) is 20.4 Å². The molecule has 2 aromatic carbocycles. The van der Waals surface area contributed by atoms with E-state index >= 15 is 0 Å². The number of carbonyl (C=O) groups excluding carboxylic acids is 2. The summed E-state index contributed by atoms with van der Waals surface area (Å²) in [6.07, 6.45) is -8.84. The van der Waals surface area contributed by atoms with Crippen LogP contribution in [-0.2, 0) is 23.6 Å². The average Bonchev–Trinajstić information content (AvgIpc) is 2.87. The number of carbonyl (C=O) groups is 2. The second-order valence-electron chi connectivity index (χ2n) is 9.27. The van der Waals surface area contributed by atoms with Gasteiger partial charge in [0.25, 0.3) is 0 Å². The molecule has 0 saturated carbocycles. The van der Waals surface area contributed by atoms with Crippen LogP contribution < -0.4 is 10.6 Å². The number of halogens is 6. The minimum atomic E-state index is -4.94. The van der Waals surface area contributed by atoms with E-state index in [4.69, 9.17) is 0 Å². The third-order valence-electron chi connectivity index (χ3n) is 6.57. The summed E-state index contributed by atoms with van der Waals surface area (Å²) in [6, 6.07) is 9.41. The highest BCUT2D eigenvalue weighted by Gasteiger charge is 2.37. The van der Waals surface area contributed by atoms with Crippen LogP contribution in [0.1, 0.15) is 41.1 Å². The van der Waals surface area contributed by atoms with Crippen LogP contribution in [0.5, 0.6) is 0 Å². The Kier molecular flexibility index (Phi) is 9.29. The normalized spacial score (nSPS) is 16.1. The molecule has 3 amide bonds. The van der Waals surface area contributed by atoms with Crippen LogP contribution in [0.4, 0.5) is 31.1 Å². The number of likely N-dealkylation sites (tertiary alicyclic amines) is 1. The van der Waals surface area contributed by atoms with Crippen LogP contribution in [0.25, 0.3) is 0 Å². The Morgan fingerprint density at radius 1 is 0.974 bits per heavy atom. The molecule has 2 N–H and O–H groups in total. The lowest BCUT2D eigenvalue weighted by atomic mass is 9.98. The monoisotopic (exact) mass is 544 g/mol. The number of likely N-dealkylation sites (N-methyl/N-ethyl adjacent to an activating group) is 1. The fourth-order valence-corrected chi connectivity index (χ4v) is 4.48. The SMILES string of the molecule is CNC(=O)NC1CCN(C(C(=O)N(C)CCc2cc(C(F)(F)F)cc(C(F)(F)F)c2)c2ccccc2)CC1. The number of rotatable bonds is 7. The molecule has 0 spiro atoms. The Labute approximate surface area is 217 Å². The zero-order valence-corrected chi connectivity index (χ0v) is 21.0. The van der Waals surface area contributed by atoms with E-state index in [-0.39, 0.29) is 42.6 Å². The van der Waals surface area contributed by atoms with Gasteiger partial charge in [-0.15, -0.1) is 0 Å². The first-order valence-corrected chi connectivity index (χ1v) is 12.1. The summed E-state index contributed by atoms with van der Waals surface area (Å²) in [5, 5.41) is 5.36. The van der Waals surface area contributed by atoms with E-state index in [9.17, 15) is 35.9 Å². The summed E-state index contributed by atoms with van der Waals surface area (Å²) >= 11 is 0. The number of hydrogen-bond donors (Lipinski definition) is 2. The van der Waals surface area contributed by atoms with Gasteiger partial charge in [-0.1, -0.05) is 30.3 Å². The highest BCUT2D eigenvalue weighted by Crippen LogP contribution is 2.36. The molecule has 1 saturated heterocycles. The lowest BCUT2D eigenvalue weighted by Gasteiger charge is -2.38. The predicted molar refractivity (Wildman–Crippen MR) is 129 cm³/mol. The maximum absolute atomic E-state index is 13.6. The Hall–Kier alpha value is -3.28. The average molecular weight is 545 g/mol. The number of hydrogen-bond acceptors (Lipinski definition) is 3. The Morgan fingerprint density at radius 2 is 1.53 bits per heavy atom. The standard InChI is InChI=1S/C26H30F6N4O2/c1-33-24(38)34-21-9-12-36(13-10-21)22(18-6-4-3-5-7-18)23(37)35(2)11-8-17-14-19(25(27,28)29)16-20(15-17)26(30,31)32/h3-7,14-16,21-22H,8-13H2,1-2H3,(H2,33,34,38). The molecule has 0 aromatic heterocycles. The van der Waals surface area contributed by atoms with Crippen LogP contribution in [0.3, 0.4) is 0 Å². The molecule has 38 heavy (non-hydrogen) atoms. The van der Waals surface area contributed by atoms with Gasteiger partial charge in [0.15, 0.2) is 0 Å². The smallest absolute Gasteiger partial charge is 0.344 e. The van der Waals surface area contributed by atoms with Crippen molar-refractivity contribution in [2.45, 2.75) is 43.7 Å². The van der Waals surface area contributed by atoms with Gasteiger partial charge in [-0.25, -0.2) is 4.79 Å². The fraction of sp³-hybridized carbons (Fsp3) is 0.462. The number of amides is 3. The van der Waals surface area contributed by atoms with Crippen molar-refractivity contribution in [1.29, 1.82) is 0 Å². The van der Waals surface area contributed by atoms with E-state index < -0.39 is 29.5 Å². The molecule has 208 valence electrons. The highest BCUT2D eigenvalue weighted by molar-refractivity contribution is 5.83. The number of urea groups is 1. The van der Waals surface area contributed by atoms with E-state index in [1.165, 1.54) is 19.0 Å². The molecule has 0 aliphatic carbocycles. The molecule has 1 fully saturated rings. The van der Waals surface area contributed by atoms with Gasteiger partial charge in [0.05, 0.1) is 11.1 Å². The first kappa shape index (κ1) is 29.3. The maximum Gasteiger partial charge on any atom is 0.416 e. The van der Waals surface area contributed by atoms with Gasteiger partial charge in [0.1, 0.15) is 6.04 Å². The molecule has 1 atom stereocenters. The van der Waals surface area contributed by atoms with Crippen molar-refractivity contribution in [2.75, 3.05) is 33.7 Å². The third-order valence-corrected chi connectivity index (χ3v) is 6.57. The molecule has 1 unspecified atom stereocenters. The van der Waals surface area contributed by atoms with E-state index in [0.717, 1.165) is 5.56 Å². The zero-order valence-electron chi connectivity index (χ0n) is 21.0. The number of nitrogens with one attached hydrogen (secondary N) is 2. The second-order valence-corrected chi connectivity index (χ2v) is 9.27. The van der Waals surface area contributed by atoms with E-state index in [0.29, 0.717) is 38.1 Å². The van der Waals surface area contributed by atoms with Crippen LogP contribution in [-0.4, -0.2) is 61.5 Å². The van der Waals surface area contributed by atoms with Crippen LogP contribution in [0.2, 0.25) is 0 Å². The lowest BCUT2D eigenvalue weighted by Crippen LogP contribution is -2.50. The first-order valence-electron chi connectivity index (χ1n) is 12.1. The first-order chi connectivity index (χ1) is 17.8. The van der Waals surface area contributed by atoms with Crippen molar-refractivity contribution in [3.05, 3.63) is 70.8 Å². The van der Waals surface area contributed by atoms with Crippen LogP contribution >= 0.6 is 0 Å². The quantitative estimate of drug-likeness (QED) is 0.490. The number of nitrogens with zero attached hydrogens (tertiary/aromatic N) is 2. The summed E-state index contributed by atoms with van der Waals surface area (Å²) in [7, 11) is 3.00. The molecular formula is C26H30F6N4O2. The molecule has 3 rings (SSSR count). The maximum atomic E-state index is 13.6. The molecule has 1 heterocycles. The van der Waals surface area contributed by atoms with E-state index in [1.807, 2.05) is 4.90 Å². The predicted octanol–water partition coefficient (Wildman–Crippen LogP) is 4.86. The Morgan fingerprint density at radius 3 is 2.03 bits per heavy atom. The minimum absolute atomic E-state index is 0.0563. The van der Waals surface area contributed by atoms with Gasteiger partial charge >= 0.3 is 18.4 Å². The lowest BCUT2D eigenvalue weighted by molar-refractivity contribution is -0.143. The van der Waals surface area contributed by atoms with Crippen molar-refractivity contribution in [3.8, 4) is 0 Å². The van der Waals surface area contributed by atoms with Crippen molar-refractivity contribution < 1.29 is 35.9 Å². The molecule has 1 aliphatic heterocycles. The fourth-order valence-electron chi connectivity index (χ4n) is 4.48. The number of alkyl halides is 6. The van der Waals surface area contributed by atoms with Gasteiger partial charge in [0.2, 0.25) is 5.91 Å². The Balaban J connectivity index is 1.76. The third kappa shape index (κ3) is 7.62. The summed E-state index contributed by atoms with van der Waals surface area (Å²) in [5.41, 5.74) is -2.21. The van der Waals surface area contributed by atoms with Crippen molar-refractivity contribution in [2.24, 2.45) is 0 Å². The van der Waals surface area contributed by atoms with E-state index in [2.05, 4.69) is 10.6 Å². The summed E-state index contributed by atoms with van der Waals surface area (Å²) < 4.78 is 79.3. The van der Waals surface area contributed by atoms with Gasteiger partial charge in [0, 0.05) is 39.8 Å². The molecule has 12 heteroatoms. The van der Waals surface area contributed by atoms with E-state index in [1.54, 1.807) is 30.3 Å². The van der Waals surface area contributed by atoms with Crippen LogP contribution in [0, 0.1) is 0 Å². The molecule has 0 radical (unpaired) electrons. The topological polar surface area (TPSA) is 64.7 Å².